The fourth-order valence-corrected chi connectivity index (χ4v) is 18.9. The Kier molecular flexibility index (Phi) is 11.9. The number of thiazole rings is 2. The molecule has 0 fully saturated rings. The largest absolute Gasteiger partial charge is 0.437 e. The van der Waals surface area contributed by atoms with Crippen LogP contribution in [0.3, 0.4) is 0 Å². The number of benzene rings is 1. The number of hydrogen-bond acceptors (Lipinski definition) is 17. The van der Waals surface area contributed by atoms with Gasteiger partial charge in [0.25, 0.3) is 58.8 Å². The number of fused-ring (bicyclic) bond motifs is 35. The van der Waals surface area contributed by atoms with Crippen LogP contribution < -0.4 is 22.8 Å². The van der Waals surface area contributed by atoms with Crippen LogP contribution in [0.1, 0.15) is 31.9 Å². The summed E-state index contributed by atoms with van der Waals surface area (Å²) in [5, 5.41) is 2.53. The normalized spacial score (nSPS) is 13.5. The summed E-state index contributed by atoms with van der Waals surface area (Å²) in [4.78, 5) is 46.7. The van der Waals surface area contributed by atoms with E-state index in [2.05, 4.69) is 133 Å². The minimum absolute atomic E-state index is 0.330. The van der Waals surface area contributed by atoms with Gasteiger partial charge in [-0.05, 0) is 126 Å². The van der Waals surface area contributed by atoms with Crippen LogP contribution in [0, 0.1) is 0 Å². The molecule has 0 radical (unpaired) electrons. The van der Waals surface area contributed by atoms with Crippen molar-refractivity contribution >= 4 is 142 Å². The summed E-state index contributed by atoms with van der Waals surface area (Å²) in [5.41, 5.74) is 27.6. The van der Waals surface area contributed by atoms with Gasteiger partial charge in [0.15, 0.2) is 70.7 Å². The zero-order valence-corrected chi connectivity index (χ0v) is 56.6. The third-order valence-corrected chi connectivity index (χ3v) is 23.1. The number of nitrogens with zero attached hydrogens (tertiary/aromatic N) is 18. The van der Waals surface area contributed by atoms with Crippen molar-refractivity contribution < 1.29 is 44.6 Å². The number of aryl methyl sites for hydroxylation is 2. The third-order valence-electron chi connectivity index (χ3n) is 19.8. The molecule has 490 valence electrons. The maximum Gasteiger partial charge on any atom is 0.383 e. The van der Waals surface area contributed by atoms with Crippen molar-refractivity contribution in [2.24, 2.45) is 14.0 Å². The standard InChI is InChI=1S/C20H13N4S.2C15H11N4O.2C14H8N3OS/c1-2-5-14(6-3-1)24-16-7-4-9-22-17(16)18-20(24)25-19-15-8-10-21-11-13(15)12-23(18)19;2*1-18-11-3-2-5-17-12(11)13-15(18)20-14-10-4-6-16-7-9(10)8-19(13)14;1-2-10-11(16-4-1)12-14(19-10)18-13-9-3-5-15-6-8(9)7-17(12)13;1-2-10-11(16-4-1)12-14(18-10)19-13-9-3-5-15-6-8(9)7-17(12)13/h1-11H,12H2;2*2-7H,8H2,1H3;2*1-6H,7H2/q5*+1/i;1D3;;;. The molecule has 5 aliphatic rings. The van der Waals surface area contributed by atoms with Crippen LogP contribution >= 0.6 is 34.0 Å². The minimum Gasteiger partial charge on any atom is -0.437 e. The molecule has 0 saturated heterocycles. The monoisotopic (exact) mass is 1400 g/mol. The van der Waals surface area contributed by atoms with Crippen molar-refractivity contribution in [3.8, 4) is 61.2 Å². The first-order chi connectivity index (χ1) is 52.1. The van der Waals surface area contributed by atoms with Gasteiger partial charge in [-0.15, -0.1) is 13.7 Å². The molecule has 0 amide bonds. The lowest BCUT2D eigenvalue weighted by Gasteiger charge is -2.04. The van der Waals surface area contributed by atoms with Crippen molar-refractivity contribution in [2.75, 3.05) is 0 Å². The summed E-state index contributed by atoms with van der Waals surface area (Å²) in [7, 11) is 2.01. The molecule has 26 rings (SSSR count). The van der Waals surface area contributed by atoms with Crippen LogP contribution in [-0.4, -0.2) is 63.5 Å². The number of aromatic nitrogens is 18. The smallest absolute Gasteiger partial charge is 0.383 e. The molecule has 0 spiro atoms. The molecule has 103 heavy (non-hydrogen) atoms. The third kappa shape index (κ3) is 8.54. The summed E-state index contributed by atoms with van der Waals surface area (Å²) in [6.07, 6.45) is 27.6. The van der Waals surface area contributed by atoms with Crippen molar-refractivity contribution in [1.82, 2.24) is 63.5 Å². The maximum atomic E-state index is 7.84. The second kappa shape index (κ2) is 22.3. The Hall–Kier alpha value is -13.0. The minimum atomic E-state index is -2.34. The zero-order chi connectivity index (χ0) is 70.2. The molecular weight excluding hydrogens is 1350 g/mol. The van der Waals surface area contributed by atoms with Gasteiger partial charge in [0.05, 0.1) is 65.8 Å². The summed E-state index contributed by atoms with van der Waals surface area (Å²) >= 11 is 5.17. The second-order valence-corrected chi connectivity index (χ2v) is 28.4. The molecule has 5 aliphatic heterocycles. The highest BCUT2D eigenvalue weighted by Gasteiger charge is 2.42. The van der Waals surface area contributed by atoms with Crippen molar-refractivity contribution in [2.45, 2.75) is 32.7 Å². The molecule has 22 nitrogen and oxygen atoms in total. The quantitative estimate of drug-likeness (QED) is 0.140. The van der Waals surface area contributed by atoms with Crippen molar-refractivity contribution in [3.63, 3.8) is 0 Å². The van der Waals surface area contributed by atoms with Gasteiger partial charge in [0.1, 0.15) is 0 Å². The van der Waals surface area contributed by atoms with E-state index in [9.17, 15) is 0 Å². The second-order valence-electron chi connectivity index (χ2n) is 25.4. The van der Waals surface area contributed by atoms with Crippen molar-refractivity contribution in [1.29, 1.82) is 0 Å². The Morgan fingerprint density at radius 3 is 1.40 bits per heavy atom. The van der Waals surface area contributed by atoms with E-state index in [1.165, 1.54) is 68.7 Å². The summed E-state index contributed by atoms with van der Waals surface area (Å²) in [6, 6.07) is 40.2. The van der Waals surface area contributed by atoms with E-state index >= 15 is 0 Å². The number of thiophene rings is 1. The van der Waals surface area contributed by atoms with Gasteiger partial charge in [0, 0.05) is 128 Å². The maximum absolute atomic E-state index is 7.84. The molecule has 0 unspecified atom stereocenters. The van der Waals surface area contributed by atoms with Crippen molar-refractivity contribution in [3.05, 3.63) is 242 Å². The highest BCUT2D eigenvalue weighted by Crippen LogP contribution is 2.43. The molecule has 0 saturated carbocycles. The summed E-state index contributed by atoms with van der Waals surface area (Å²) in [5.74, 6) is 2.47. The molecule has 1 aromatic carbocycles. The molecule has 0 aliphatic carbocycles. The number of para-hydroxylation sites is 1. The first kappa shape index (κ1) is 54.9. The Morgan fingerprint density at radius 2 is 0.806 bits per heavy atom. The van der Waals surface area contributed by atoms with Gasteiger partial charge in [0.2, 0.25) is 0 Å². The van der Waals surface area contributed by atoms with Gasteiger partial charge in [-0.1, -0.05) is 29.5 Å². The first-order valence-electron chi connectivity index (χ1n) is 34.7. The topological polar surface area (TPSA) is 216 Å². The number of furan rings is 1. The van der Waals surface area contributed by atoms with Crippen LogP contribution in [0.25, 0.3) is 169 Å². The molecule has 0 bridgehead atoms. The van der Waals surface area contributed by atoms with E-state index in [0.29, 0.717) is 34.7 Å². The first-order valence-corrected chi connectivity index (χ1v) is 35.6. The molecule has 20 aromatic heterocycles. The predicted octanol–water partition coefficient (Wildman–Crippen LogP) is 13.5. The highest BCUT2D eigenvalue weighted by molar-refractivity contribution is 7.25. The van der Waals surface area contributed by atoms with E-state index < -0.39 is 6.98 Å². The molecule has 21 aromatic rings. The van der Waals surface area contributed by atoms with E-state index in [0.717, 1.165) is 131 Å². The molecule has 0 atom stereocenters. The van der Waals surface area contributed by atoms with Gasteiger partial charge in [-0.25, -0.2) is 24.9 Å². The summed E-state index contributed by atoms with van der Waals surface area (Å²) in [6.45, 7) is 1.58. The Morgan fingerprint density at radius 1 is 0.369 bits per heavy atom. The van der Waals surface area contributed by atoms with Crippen LogP contribution in [0.4, 0.5) is 0 Å². The Bertz CT molecular complexity index is 7100. The van der Waals surface area contributed by atoms with Crippen LogP contribution in [0.15, 0.2) is 232 Å². The lowest BCUT2D eigenvalue weighted by atomic mass is 10.2. The van der Waals surface area contributed by atoms with Gasteiger partial charge in [-0.2, -0.15) is 9.13 Å². The zero-order valence-electron chi connectivity index (χ0n) is 57.2. The number of hydrogen-bond donors (Lipinski definition) is 0. The number of oxazole rings is 3. The average molecular weight is 1400 g/mol. The molecular formula is C78H51N18O4S3+5. The fourth-order valence-electron chi connectivity index (χ4n) is 15.3. The Balaban J connectivity index is 0.0000000830. The summed E-state index contributed by atoms with van der Waals surface area (Å²) < 4.78 is 65.4. The van der Waals surface area contributed by atoms with E-state index in [1.807, 2.05) is 140 Å². The predicted molar refractivity (Wildman–Crippen MR) is 389 cm³/mol. The SMILES string of the molecule is Cn1c2cccnc2c2c1oc1[n+]2Cc2cnccc2-1.[2H]C([2H])([2H])n1c2cccnc2c2c1oc1[n+]2Cc2cnccc2-1.c1ccc(-n2c3cccnc3c3c2sc2[n+]3Cc3cnccc3-2)cc1.c1cnc2c(c1)oc1sc3[n+](c12)Cc1cnccc1-3.c1cnc2c(c1)sc1oc3[n+](c12)Cc1cnccc1-3. The Labute approximate surface area is 596 Å². The van der Waals surface area contributed by atoms with Gasteiger partial charge < -0.3 is 26.8 Å². The van der Waals surface area contributed by atoms with E-state index in [-0.39, 0.29) is 0 Å². The molecule has 25 heterocycles. The van der Waals surface area contributed by atoms with Crippen LogP contribution in [0.5, 0.6) is 0 Å². The average Bonchev–Trinajstić information content (AvgIpc) is 1.57. The lowest BCUT2D eigenvalue weighted by molar-refractivity contribution is -0.648. The molecule has 25 heteroatoms. The van der Waals surface area contributed by atoms with E-state index in [4.69, 9.17) is 26.8 Å². The highest BCUT2D eigenvalue weighted by atomic mass is 32.1. The van der Waals surface area contributed by atoms with Gasteiger partial charge >= 0.3 is 17.7 Å². The van der Waals surface area contributed by atoms with E-state index in [1.54, 1.807) is 59.6 Å². The van der Waals surface area contributed by atoms with Crippen LogP contribution in [-0.2, 0) is 46.7 Å². The lowest BCUT2D eigenvalue weighted by Crippen LogP contribution is -2.30. The molecule has 0 N–H and O–H groups in total. The van der Waals surface area contributed by atoms with Gasteiger partial charge in [-0.3, -0.25) is 29.5 Å². The number of pyridine rings is 10. The van der Waals surface area contributed by atoms with Crippen LogP contribution in [0.2, 0.25) is 0 Å². The number of rotatable bonds is 1. The fraction of sp³-hybridized carbons (Fsp3) is 0.0897.